The van der Waals surface area contributed by atoms with Crippen LogP contribution < -0.4 is 0 Å². The van der Waals surface area contributed by atoms with Crippen LogP contribution in [0.5, 0.6) is 0 Å². The monoisotopic (exact) mass is 427 g/mol. The van der Waals surface area contributed by atoms with Crippen molar-refractivity contribution in [2.45, 2.75) is 104 Å². The van der Waals surface area contributed by atoms with Crippen LogP contribution in [-0.4, -0.2) is 41.5 Å². The fourth-order valence-electron chi connectivity index (χ4n) is 10.2. The molecule has 6 rings (SSSR count). The zero-order valence-electron chi connectivity index (χ0n) is 20.4. The summed E-state index contributed by atoms with van der Waals surface area (Å²) in [5.41, 5.74) is 2.39. The van der Waals surface area contributed by atoms with Gasteiger partial charge in [-0.2, -0.15) is 0 Å². The van der Waals surface area contributed by atoms with Crippen molar-refractivity contribution in [2.24, 2.45) is 46.3 Å². The summed E-state index contributed by atoms with van der Waals surface area (Å²) in [4.78, 5) is 2.70. The van der Waals surface area contributed by atoms with Crippen molar-refractivity contribution in [3.05, 3.63) is 11.6 Å². The number of piperidine rings is 1. The molecule has 0 amide bonds. The molecular weight excluding hydrogens is 382 g/mol. The van der Waals surface area contributed by atoms with E-state index >= 15 is 0 Å². The van der Waals surface area contributed by atoms with E-state index in [1.807, 2.05) is 0 Å². The SMILES string of the molecule is CC1CCC2C(C)C3C(CC4C5CC=C6CC(O)CC[C@]6(C)C5CC[C@@]43C)OCN2C1. The van der Waals surface area contributed by atoms with Crippen molar-refractivity contribution in [3.63, 3.8) is 0 Å². The summed E-state index contributed by atoms with van der Waals surface area (Å²) in [6, 6.07) is 0.731. The van der Waals surface area contributed by atoms with Crippen molar-refractivity contribution >= 4 is 0 Å². The van der Waals surface area contributed by atoms with Gasteiger partial charge in [0.05, 0.1) is 18.9 Å². The van der Waals surface area contributed by atoms with Crippen molar-refractivity contribution in [2.75, 3.05) is 13.3 Å². The highest BCUT2D eigenvalue weighted by atomic mass is 16.5. The van der Waals surface area contributed by atoms with Crippen LogP contribution in [0.3, 0.4) is 0 Å². The van der Waals surface area contributed by atoms with Gasteiger partial charge in [0.2, 0.25) is 0 Å². The molecule has 0 aromatic heterocycles. The number of fused-ring (bicyclic) bond motifs is 8. The second kappa shape index (κ2) is 7.31. The minimum atomic E-state index is -0.0989. The Hall–Kier alpha value is -0.380. The lowest BCUT2D eigenvalue weighted by molar-refractivity contribution is -0.0644. The lowest BCUT2D eigenvalue weighted by Crippen LogP contribution is -2.53. The number of nitrogens with zero attached hydrogens (tertiary/aromatic N) is 1. The molecule has 2 aliphatic heterocycles. The van der Waals surface area contributed by atoms with Crippen LogP contribution in [0.2, 0.25) is 0 Å². The smallest absolute Gasteiger partial charge is 0.0996 e. The standard InChI is InChI=1S/C28H45NO2/c1-17-5-8-24-18(2)26-25(31-16-29(24)15-17)14-23-21-7-6-19-13-20(30)9-11-27(19,3)22(21)10-12-28(23,26)4/h6,17-18,20-26,30H,5,7-16H2,1-4H3/t17?,18?,20?,21?,22?,23?,24?,25?,26?,27-,28-/m0/s1. The van der Waals surface area contributed by atoms with Gasteiger partial charge >= 0.3 is 0 Å². The largest absolute Gasteiger partial charge is 0.393 e. The normalized spacial score (nSPS) is 56.9. The fraction of sp³-hybridized carbons (Fsp3) is 0.929. The maximum atomic E-state index is 10.3. The Morgan fingerprint density at radius 2 is 1.90 bits per heavy atom. The Balaban J connectivity index is 1.30. The topological polar surface area (TPSA) is 32.7 Å². The number of aliphatic hydroxyl groups excluding tert-OH is 1. The van der Waals surface area contributed by atoms with Crippen LogP contribution in [0.15, 0.2) is 11.6 Å². The first-order valence-electron chi connectivity index (χ1n) is 13.5. The predicted molar refractivity (Wildman–Crippen MR) is 124 cm³/mol. The van der Waals surface area contributed by atoms with Crippen molar-refractivity contribution in [3.8, 4) is 0 Å². The summed E-state index contributed by atoms with van der Waals surface area (Å²) >= 11 is 0. The molecule has 0 radical (unpaired) electrons. The Morgan fingerprint density at radius 3 is 2.74 bits per heavy atom. The molecule has 1 N–H and O–H groups in total. The Labute approximate surface area is 190 Å². The van der Waals surface area contributed by atoms with Crippen LogP contribution in [0, 0.1) is 46.3 Å². The highest BCUT2D eigenvalue weighted by Gasteiger charge is 2.63. The van der Waals surface area contributed by atoms with E-state index in [-0.39, 0.29) is 6.10 Å². The van der Waals surface area contributed by atoms with Gasteiger partial charge in [-0.15, -0.1) is 0 Å². The minimum Gasteiger partial charge on any atom is -0.393 e. The molecule has 174 valence electrons. The highest BCUT2D eigenvalue weighted by molar-refractivity contribution is 5.26. The van der Waals surface area contributed by atoms with Crippen LogP contribution >= 0.6 is 0 Å². The van der Waals surface area contributed by atoms with E-state index < -0.39 is 0 Å². The molecule has 2 saturated heterocycles. The van der Waals surface area contributed by atoms with E-state index in [1.54, 1.807) is 5.57 Å². The first kappa shape index (κ1) is 21.2. The van der Waals surface area contributed by atoms with Gasteiger partial charge in [0.1, 0.15) is 0 Å². The summed E-state index contributed by atoms with van der Waals surface area (Å²) in [5, 5.41) is 10.3. The molecule has 11 atom stereocenters. The molecule has 0 aromatic carbocycles. The van der Waals surface area contributed by atoms with Gasteiger partial charge in [0.25, 0.3) is 0 Å². The maximum absolute atomic E-state index is 10.3. The molecule has 9 unspecified atom stereocenters. The Morgan fingerprint density at radius 1 is 1.06 bits per heavy atom. The van der Waals surface area contributed by atoms with Gasteiger partial charge in [-0.25, -0.2) is 0 Å². The molecule has 0 aromatic rings. The molecule has 3 saturated carbocycles. The molecule has 3 heteroatoms. The molecule has 2 heterocycles. The van der Waals surface area contributed by atoms with Gasteiger partial charge in [0, 0.05) is 12.6 Å². The molecule has 0 spiro atoms. The first-order chi connectivity index (χ1) is 14.8. The zero-order chi connectivity index (χ0) is 21.5. The Bertz CT molecular complexity index is 749. The molecule has 6 aliphatic rings. The number of hydrogen-bond donors (Lipinski definition) is 1. The van der Waals surface area contributed by atoms with Crippen LogP contribution in [0.25, 0.3) is 0 Å². The minimum absolute atomic E-state index is 0.0989. The van der Waals surface area contributed by atoms with Gasteiger partial charge in [-0.3, -0.25) is 4.90 Å². The van der Waals surface area contributed by atoms with Crippen molar-refractivity contribution in [1.29, 1.82) is 0 Å². The number of rotatable bonds is 0. The average molecular weight is 428 g/mol. The third-order valence-electron chi connectivity index (χ3n) is 11.8. The quantitative estimate of drug-likeness (QED) is 0.509. The van der Waals surface area contributed by atoms with Crippen LogP contribution in [0.1, 0.15) is 85.5 Å². The number of allylic oxidation sites excluding steroid dienone is 1. The van der Waals surface area contributed by atoms with Gasteiger partial charge in [0.15, 0.2) is 0 Å². The van der Waals surface area contributed by atoms with Crippen LogP contribution in [0.4, 0.5) is 0 Å². The van der Waals surface area contributed by atoms with E-state index in [9.17, 15) is 5.11 Å². The third-order valence-corrected chi connectivity index (χ3v) is 11.8. The second-order valence-corrected chi connectivity index (χ2v) is 13.2. The van der Waals surface area contributed by atoms with Gasteiger partial charge in [-0.1, -0.05) is 39.3 Å². The molecular formula is C28H45NO2. The van der Waals surface area contributed by atoms with Gasteiger partial charge < -0.3 is 9.84 Å². The van der Waals surface area contributed by atoms with Crippen molar-refractivity contribution < 1.29 is 9.84 Å². The number of hydrogen-bond acceptors (Lipinski definition) is 3. The van der Waals surface area contributed by atoms with E-state index in [0.29, 0.717) is 16.9 Å². The summed E-state index contributed by atoms with van der Waals surface area (Å²) < 4.78 is 6.78. The third kappa shape index (κ3) is 3.01. The lowest BCUT2D eigenvalue weighted by atomic mass is 9.47. The van der Waals surface area contributed by atoms with Gasteiger partial charge in [-0.05, 0) is 104 Å². The zero-order valence-corrected chi connectivity index (χ0v) is 20.4. The molecule has 31 heavy (non-hydrogen) atoms. The summed E-state index contributed by atoms with van der Waals surface area (Å²) in [5.74, 6) is 4.77. The first-order valence-corrected chi connectivity index (χ1v) is 13.5. The average Bonchev–Trinajstić information content (AvgIpc) is 2.96. The summed E-state index contributed by atoms with van der Waals surface area (Å²) in [6.45, 7) is 12.3. The van der Waals surface area contributed by atoms with E-state index in [0.717, 1.165) is 61.1 Å². The van der Waals surface area contributed by atoms with E-state index in [2.05, 4.69) is 38.7 Å². The molecule has 3 nitrogen and oxygen atoms in total. The number of aliphatic hydroxyl groups is 1. The maximum Gasteiger partial charge on any atom is 0.0996 e. The molecule has 0 bridgehead atoms. The van der Waals surface area contributed by atoms with E-state index in [4.69, 9.17) is 4.74 Å². The molecule has 4 aliphatic carbocycles. The summed E-state index contributed by atoms with van der Waals surface area (Å²) in [7, 11) is 0. The molecule has 5 fully saturated rings. The summed E-state index contributed by atoms with van der Waals surface area (Å²) in [6.07, 6.45) is 14.2. The number of ether oxygens (including phenoxy) is 1. The lowest BCUT2D eigenvalue weighted by Gasteiger charge is -2.58. The second-order valence-electron chi connectivity index (χ2n) is 13.2. The highest BCUT2D eigenvalue weighted by Crippen LogP contribution is 2.68. The van der Waals surface area contributed by atoms with E-state index in [1.165, 1.54) is 51.5 Å². The van der Waals surface area contributed by atoms with Crippen LogP contribution in [-0.2, 0) is 4.74 Å². The van der Waals surface area contributed by atoms with Crippen molar-refractivity contribution in [1.82, 2.24) is 4.90 Å². The fourth-order valence-corrected chi connectivity index (χ4v) is 10.2. The predicted octanol–water partition coefficient (Wildman–Crippen LogP) is 5.63. The Kier molecular flexibility index (Phi) is 4.99.